The van der Waals surface area contributed by atoms with Crippen molar-refractivity contribution < 1.29 is 4.92 Å². The number of fused-ring (bicyclic) bond motifs is 1. The molecule has 8 heteroatoms. The van der Waals surface area contributed by atoms with Crippen molar-refractivity contribution in [2.24, 2.45) is 0 Å². The number of pyridine rings is 2. The van der Waals surface area contributed by atoms with Crippen LogP contribution in [0.15, 0.2) is 47.7 Å². The summed E-state index contributed by atoms with van der Waals surface area (Å²) in [5.74, 6) is 0. The molecule has 0 aliphatic rings. The van der Waals surface area contributed by atoms with Crippen LogP contribution in [-0.2, 0) is 6.54 Å². The van der Waals surface area contributed by atoms with Crippen LogP contribution < -0.4 is 5.56 Å². The van der Waals surface area contributed by atoms with Gasteiger partial charge in [0.25, 0.3) is 11.2 Å². The van der Waals surface area contributed by atoms with Crippen LogP contribution >= 0.6 is 11.6 Å². The van der Waals surface area contributed by atoms with Crippen LogP contribution in [0.4, 0.5) is 5.69 Å². The van der Waals surface area contributed by atoms with Crippen LogP contribution in [-0.4, -0.2) is 18.9 Å². The molecule has 0 radical (unpaired) electrons. The second kappa shape index (κ2) is 5.02. The molecule has 0 atom stereocenters. The standard InChI is InChI=1S/C13H9ClN4O3/c14-11-5-10(18(20)21)8-17(13(11)19)7-9-6-16-4-2-1-3-12(16)15-9/h1-6,8H,7H2. The summed E-state index contributed by atoms with van der Waals surface area (Å²) in [4.78, 5) is 26.5. The Morgan fingerprint density at radius 1 is 1.33 bits per heavy atom. The maximum Gasteiger partial charge on any atom is 0.287 e. The zero-order valence-electron chi connectivity index (χ0n) is 10.6. The molecule has 3 heterocycles. The number of halogens is 1. The van der Waals surface area contributed by atoms with Gasteiger partial charge in [-0.15, -0.1) is 0 Å². The van der Waals surface area contributed by atoms with Crippen LogP contribution in [0.3, 0.4) is 0 Å². The number of rotatable bonds is 3. The molecule has 0 aliphatic carbocycles. The third-order valence-corrected chi connectivity index (χ3v) is 3.26. The summed E-state index contributed by atoms with van der Waals surface area (Å²) in [6.07, 6.45) is 4.75. The summed E-state index contributed by atoms with van der Waals surface area (Å²) >= 11 is 5.74. The number of hydrogen-bond acceptors (Lipinski definition) is 4. The number of hydrogen-bond donors (Lipinski definition) is 0. The van der Waals surface area contributed by atoms with Crippen LogP contribution in [0.1, 0.15) is 5.69 Å². The minimum Gasteiger partial charge on any atom is -0.307 e. The topological polar surface area (TPSA) is 82.4 Å². The number of imidazole rings is 1. The zero-order chi connectivity index (χ0) is 15.0. The molecule has 0 spiro atoms. The van der Waals surface area contributed by atoms with Gasteiger partial charge in [0.05, 0.1) is 23.4 Å². The van der Waals surface area contributed by atoms with Crippen molar-refractivity contribution in [1.82, 2.24) is 14.0 Å². The second-order valence-corrected chi connectivity index (χ2v) is 4.84. The summed E-state index contributed by atoms with van der Waals surface area (Å²) < 4.78 is 2.99. The normalized spacial score (nSPS) is 10.9. The Hall–Kier alpha value is -2.67. The minimum absolute atomic E-state index is 0.113. The largest absolute Gasteiger partial charge is 0.307 e. The lowest BCUT2D eigenvalue weighted by Gasteiger charge is -2.03. The lowest BCUT2D eigenvalue weighted by molar-refractivity contribution is -0.385. The Labute approximate surface area is 123 Å². The smallest absolute Gasteiger partial charge is 0.287 e. The molecule has 3 aromatic rings. The average Bonchev–Trinajstić information content (AvgIpc) is 2.85. The van der Waals surface area contributed by atoms with Crippen LogP contribution in [0.2, 0.25) is 5.02 Å². The first kappa shape index (κ1) is 13.3. The fourth-order valence-electron chi connectivity index (χ4n) is 2.04. The van der Waals surface area contributed by atoms with E-state index in [4.69, 9.17) is 11.6 Å². The molecular weight excluding hydrogens is 296 g/mol. The molecule has 0 bridgehead atoms. The third kappa shape index (κ3) is 2.50. The van der Waals surface area contributed by atoms with Crippen molar-refractivity contribution in [2.75, 3.05) is 0 Å². The Balaban J connectivity index is 2.04. The first-order valence-electron chi connectivity index (χ1n) is 6.01. The molecule has 0 fully saturated rings. The van der Waals surface area contributed by atoms with E-state index in [0.29, 0.717) is 5.69 Å². The van der Waals surface area contributed by atoms with E-state index in [2.05, 4.69) is 4.98 Å². The Morgan fingerprint density at radius 2 is 2.14 bits per heavy atom. The average molecular weight is 305 g/mol. The van der Waals surface area contributed by atoms with Gasteiger partial charge in [0, 0.05) is 18.5 Å². The molecule has 21 heavy (non-hydrogen) atoms. The Kier molecular flexibility index (Phi) is 3.19. The summed E-state index contributed by atoms with van der Waals surface area (Å²) in [6, 6.07) is 6.58. The van der Waals surface area contributed by atoms with Crippen molar-refractivity contribution in [1.29, 1.82) is 0 Å². The molecule has 106 valence electrons. The predicted molar refractivity (Wildman–Crippen MR) is 76.7 cm³/mol. The van der Waals surface area contributed by atoms with E-state index < -0.39 is 10.5 Å². The SMILES string of the molecule is O=c1c(Cl)cc([N+](=O)[O-])cn1Cc1cn2ccccc2n1. The lowest BCUT2D eigenvalue weighted by atomic mass is 10.4. The van der Waals surface area contributed by atoms with Gasteiger partial charge in [-0.2, -0.15) is 0 Å². The molecule has 3 aromatic heterocycles. The zero-order valence-corrected chi connectivity index (χ0v) is 11.4. The van der Waals surface area contributed by atoms with E-state index in [1.807, 2.05) is 24.4 Å². The monoisotopic (exact) mass is 304 g/mol. The van der Waals surface area contributed by atoms with Crippen LogP contribution in [0.5, 0.6) is 0 Å². The fraction of sp³-hybridized carbons (Fsp3) is 0.0769. The van der Waals surface area contributed by atoms with Crippen LogP contribution in [0.25, 0.3) is 5.65 Å². The lowest BCUT2D eigenvalue weighted by Crippen LogP contribution is -2.21. The molecule has 0 unspecified atom stereocenters. The molecule has 0 amide bonds. The highest BCUT2D eigenvalue weighted by atomic mass is 35.5. The van der Waals surface area contributed by atoms with Gasteiger partial charge in [0.15, 0.2) is 0 Å². The van der Waals surface area contributed by atoms with E-state index in [1.165, 1.54) is 4.57 Å². The molecule has 0 aliphatic heterocycles. The first-order valence-corrected chi connectivity index (χ1v) is 6.39. The number of aromatic nitrogens is 3. The van der Waals surface area contributed by atoms with E-state index >= 15 is 0 Å². The highest BCUT2D eigenvalue weighted by Gasteiger charge is 2.13. The van der Waals surface area contributed by atoms with Crippen LogP contribution in [0, 0.1) is 10.1 Å². The summed E-state index contributed by atoms with van der Waals surface area (Å²) in [6.45, 7) is 0.113. The molecule has 3 rings (SSSR count). The molecule has 0 aromatic carbocycles. The van der Waals surface area contributed by atoms with E-state index in [0.717, 1.165) is 17.9 Å². The second-order valence-electron chi connectivity index (χ2n) is 4.43. The van der Waals surface area contributed by atoms with Crippen molar-refractivity contribution in [2.45, 2.75) is 6.54 Å². The summed E-state index contributed by atoms with van der Waals surface area (Å²) in [5.41, 5.74) is 0.625. The highest BCUT2D eigenvalue weighted by molar-refractivity contribution is 6.30. The molecule has 7 nitrogen and oxygen atoms in total. The van der Waals surface area contributed by atoms with Gasteiger partial charge in [-0.3, -0.25) is 14.9 Å². The van der Waals surface area contributed by atoms with Crippen molar-refractivity contribution in [3.05, 3.63) is 74.0 Å². The van der Waals surface area contributed by atoms with E-state index in [9.17, 15) is 14.9 Å². The van der Waals surface area contributed by atoms with Gasteiger partial charge in [-0.1, -0.05) is 17.7 Å². The molecule has 0 saturated heterocycles. The van der Waals surface area contributed by atoms with Gasteiger partial charge >= 0.3 is 0 Å². The summed E-state index contributed by atoms with van der Waals surface area (Å²) in [7, 11) is 0. The maximum absolute atomic E-state index is 11.9. The highest BCUT2D eigenvalue weighted by Crippen LogP contribution is 2.14. The Morgan fingerprint density at radius 3 is 2.86 bits per heavy atom. The van der Waals surface area contributed by atoms with Gasteiger partial charge in [0.2, 0.25) is 0 Å². The number of nitro groups is 1. The number of nitrogens with zero attached hydrogens (tertiary/aromatic N) is 4. The molecule has 0 saturated carbocycles. The third-order valence-electron chi connectivity index (χ3n) is 2.98. The van der Waals surface area contributed by atoms with E-state index in [-0.39, 0.29) is 17.3 Å². The summed E-state index contributed by atoms with van der Waals surface area (Å²) in [5, 5.41) is 10.6. The predicted octanol–water partition coefficient (Wildman–Crippen LogP) is 2.11. The minimum atomic E-state index is -0.592. The first-order chi connectivity index (χ1) is 10.0. The van der Waals surface area contributed by atoms with E-state index in [1.54, 1.807) is 10.6 Å². The molecular formula is C13H9ClN4O3. The van der Waals surface area contributed by atoms with Gasteiger partial charge in [-0.05, 0) is 12.1 Å². The Bertz CT molecular complexity index is 867. The fourth-order valence-corrected chi connectivity index (χ4v) is 2.26. The van der Waals surface area contributed by atoms with Crippen molar-refractivity contribution in [3.63, 3.8) is 0 Å². The molecule has 0 N–H and O–H groups in total. The quantitative estimate of drug-likeness (QED) is 0.548. The van der Waals surface area contributed by atoms with Crippen molar-refractivity contribution in [3.8, 4) is 0 Å². The van der Waals surface area contributed by atoms with Gasteiger partial charge in [-0.25, -0.2) is 4.98 Å². The maximum atomic E-state index is 11.9. The van der Waals surface area contributed by atoms with Crippen molar-refractivity contribution >= 4 is 22.9 Å². The van der Waals surface area contributed by atoms with Gasteiger partial charge < -0.3 is 8.97 Å². The van der Waals surface area contributed by atoms with Gasteiger partial charge in [0.1, 0.15) is 10.7 Å².